The second kappa shape index (κ2) is 10.6. The minimum atomic E-state index is -0.493. The Morgan fingerprint density at radius 3 is 2.14 bits per heavy atom. The standard InChI is InChI=1S/C27H25N3O5/c1-2-35-23-13-12-19(17-30-26(33)20-10-6-7-11-21(20)27(30)34)14-22(23)25(32)29-16-24(31)28-15-18-8-4-3-5-9-18/h3-14H,2,15-17H2,1H3,(H,28,31)(H,29,32). The van der Waals surface area contributed by atoms with Gasteiger partial charge in [-0.15, -0.1) is 0 Å². The average molecular weight is 472 g/mol. The Hall–Kier alpha value is -4.46. The van der Waals surface area contributed by atoms with Gasteiger partial charge < -0.3 is 15.4 Å². The number of nitrogens with zero attached hydrogens (tertiary/aromatic N) is 1. The maximum atomic E-state index is 12.9. The molecule has 3 aromatic rings. The van der Waals surface area contributed by atoms with Crippen molar-refractivity contribution in [2.45, 2.75) is 20.0 Å². The van der Waals surface area contributed by atoms with E-state index in [1.54, 1.807) is 49.4 Å². The number of carbonyl (C=O) groups is 4. The third kappa shape index (κ3) is 5.38. The molecule has 0 unspecified atom stereocenters. The molecule has 0 atom stereocenters. The summed E-state index contributed by atoms with van der Waals surface area (Å²) in [5.41, 5.74) is 2.48. The van der Waals surface area contributed by atoms with Crippen LogP contribution in [-0.4, -0.2) is 41.7 Å². The summed E-state index contributed by atoms with van der Waals surface area (Å²) >= 11 is 0. The van der Waals surface area contributed by atoms with E-state index in [-0.39, 0.29) is 36.4 Å². The summed E-state index contributed by atoms with van der Waals surface area (Å²) in [6.07, 6.45) is 0. The Morgan fingerprint density at radius 1 is 0.829 bits per heavy atom. The molecule has 0 radical (unpaired) electrons. The van der Waals surface area contributed by atoms with E-state index in [0.717, 1.165) is 10.5 Å². The molecule has 4 rings (SSSR count). The smallest absolute Gasteiger partial charge is 0.261 e. The van der Waals surface area contributed by atoms with Crippen molar-refractivity contribution in [1.29, 1.82) is 0 Å². The highest BCUT2D eigenvalue weighted by Crippen LogP contribution is 2.26. The zero-order chi connectivity index (χ0) is 24.8. The lowest BCUT2D eigenvalue weighted by atomic mass is 10.1. The van der Waals surface area contributed by atoms with Gasteiger partial charge in [-0.3, -0.25) is 24.1 Å². The van der Waals surface area contributed by atoms with E-state index in [0.29, 0.717) is 35.6 Å². The van der Waals surface area contributed by atoms with Crippen LogP contribution in [0.5, 0.6) is 5.75 Å². The molecule has 8 nitrogen and oxygen atoms in total. The third-order valence-corrected chi connectivity index (χ3v) is 5.55. The van der Waals surface area contributed by atoms with E-state index in [2.05, 4.69) is 10.6 Å². The number of hydrogen-bond acceptors (Lipinski definition) is 5. The molecule has 0 bridgehead atoms. The van der Waals surface area contributed by atoms with E-state index in [9.17, 15) is 19.2 Å². The number of hydrogen-bond donors (Lipinski definition) is 2. The Kier molecular flexibility index (Phi) is 7.21. The second-order valence-electron chi connectivity index (χ2n) is 7.95. The SMILES string of the molecule is CCOc1ccc(CN2C(=O)c3ccccc3C2=O)cc1C(=O)NCC(=O)NCc1ccccc1. The lowest BCUT2D eigenvalue weighted by Crippen LogP contribution is -2.36. The van der Waals surface area contributed by atoms with Gasteiger partial charge in [0.05, 0.1) is 36.4 Å². The maximum absolute atomic E-state index is 12.9. The quantitative estimate of drug-likeness (QED) is 0.467. The molecule has 0 saturated heterocycles. The summed E-state index contributed by atoms with van der Waals surface area (Å²) in [6.45, 7) is 2.30. The van der Waals surface area contributed by atoms with Crippen LogP contribution in [0.3, 0.4) is 0 Å². The molecule has 3 aromatic carbocycles. The number of benzene rings is 3. The molecule has 0 aliphatic carbocycles. The molecular weight excluding hydrogens is 446 g/mol. The van der Waals surface area contributed by atoms with Gasteiger partial charge in [0.15, 0.2) is 0 Å². The van der Waals surface area contributed by atoms with Gasteiger partial charge in [0.1, 0.15) is 5.75 Å². The largest absolute Gasteiger partial charge is 0.493 e. The minimum absolute atomic E-state index is 0.0105. The molecule has 0 fully saturated rings. The number of carbonyl (C=O) groups excluding carboxylic acids is 4. The molecule has 1 aliphatic heterocycles. The van der Waals surface area contributed by atoms with E-state index < -0.39 is 5.91 Å². The second-order valence-corrected chi connectivity index (χ2v) is 7.95. The van der Waals surface area contributed by atoms with E-state index in [1.807, 2.05) is 30.3 Å². The molecule has 4 amide bonds. The van der Waals surface area contributed by atoms with Crippen LogP contribution in [0, 0.1) is 0 Å². The van der Waals surface area contributed by atoms with Crippen LogP contribution in [0.2, 0.25) is 0 Å². The van der Waals surface area contributed by atoms with Crippen LogP contribution in [0.4, 0.5) is 0 Å². The van der Waals surface area contributed by atoms with Crippen molar-refractivity contribution in [2.24, 2.45) is 0 Å². The topological polar surface area (TPSA) is 105 Å². The summed E-state index contributed by atoms with van der Waals surface area (Å²) < 4.78 is 5.58. The number of fused-ring (bicyclic) bond motifs is 1. The van der Waals surface area contributed by atoms with E-state index in [1.165, 1.54) is 0 Å². The summed E-state index contributed by atoms with van der Waals surface area (Å²) in [5, 5.41) is 5.36. The molecule has 35 heavy (non-hydrogen) atoms. The molecular formula is C27H25N3O5. The highest BCUT2D eigenvalue weighted by Gasteiger charge is 2.35. The van der Waals surface area contributed by atoms with Gasteiger partial charge in [0.25, 0.3) is 17.7 Å². The van der Waals surface area contributed by atoms with Crippen LogP contribution in [0.15, 0.2) is 72.8 Å². The van der Waals surface area contributed by atoms with Gasteiger partial charge in [-0.25, -0.2) is 0 Å². The van der Waals surface area contributed by atoms with Crippen LogP contribution in [-0.2, 0) is 17.9 Å². The Bertz CT molecular complexity index is 1240. The average Bonchev–Trinajstić information content (AvgIpc) is 3.12. The molecule has 0 saturated carbocycles. The van der Waals surface area contributed by atoms with Crippen molar-refractivity contribution < 1.29 is 23.9 Å². The van der Waals surface area contributed by atoms with Gasteiger partial charge in [-0.05, 0) is 42.3 Å². The van der Waals surface area contributed by atoms with E-state index in [4.69, 9.17) is 4.74 Å². The Morgan fingerprint density at radius 2 is 1.49 bits per heavy atom. The fourth-order valence-electron chi connectivity index (χ4n) is 3.81. The number of rotatable bonds is 9. The minimum Gasteiger partial charge on any atom is -0.493 e. The van der Waals surface area contributed by atoms with Gasteiger partial charge in [0, 0.05) is 6.54 Å². The fraction of sp³-hybridized carbons (Fsp3) is 0.185. The first-order valence-electron chi connectivity index (χ1n) is 11.3. The molecule has 1 heterocycles. The van der Waals surface area contributed by atoms with Gasteiger partial charge in [0.2, 0.25) is 5.91 Å². The van der Waals surface area contributed by atoms with Crippen LogP contribution in [0.1, 0.15) is 49.1 Å². The van der Waals surface area contributed by atoms with Crippen LogP contribution < -0.4 is 15.4 Å². The lowest BCUT2D eigenvalue weighted by Gasteiger charge is -2.16. The predicted molar refractivity (Wildman–Crippen MR) is 129 cm³/mol. The van der Waals surface area contributed by atoms with Crippen molar-refractivity contribution in [3.63, 3.8) is 0 Å². The van der Waals surface area contributed by atoms with Gasteiger partial charge >= 0.3 is 0 Å². The van der Waals surface area contributed by atoms with Crippen molar-refractivity contribution in [1.82, 2.24) is 15.5 Å². The van der Waals surface area contributed by atoms with Crippen molar-refractivity contribution in [3.8, 4) is 5.75 Å². The summed E-state index contributed by atoms with van der Waals surface area (Å²) in [5.74, 6) is -1.23. The van der Waals surface area contributed by atoms with Gasteiger partial charge in [-0.2, -0.15) is 0 Å². The monoisotopic (exact) mass is 471 g/mol. The number of imide groups is 1. The zero-order valence-electron chi connectivity index (χ0n) is 19.2. The highest BCUT2D eigenvalue weighted by atomic mass is 16.5. The summed E-state index contributed by atoms with van der Waals surface area (Å²) in [7, 11) is 0. The first-order chi connectivity index (χ1) is 17.0. The Labute approximate surface area is 202 Å². The number of ether oxygens (including phenoxy) is 1. The van der Waals surface area contributed by atoms with E-state index >= 15 is 0 Å². The molecule has 1 aliphatic rings. The number of amides is 4. The molecule has 2 N–H and O–H groups in total. The summed E-state index contributed by atoms with van der Waals surface area (Å²) in [4.78, 5) is 51.6. The molecule has 8 heteroatoms. The first kappa shape index (κ1) is 23.7. The first-order valence-corrected chi connectivity index (χ1v) is 11.3. The van der Waals surface area contributed by atoms with Crippen molar-refractivity contribution in [2.75, 3.05) is 13.2 Å². The van der Waals surface area contributed by atoms with Crippen LogP contribution >= 0.6 is 0 Å². The van der Waals surface area contributed by atoms with Crippen molar-refractivity contribution in [3.05, 3.63) is 101 Å². The zero-order valence-corrected chi connectivity index (χ0v) is 19.2. The van der Waals surface area contributed by atoms with Gasteiger partial charge in [-0.1, -0.05) is 48.5 Å². The normalized spacial score (nSPS) is 12.3. The van der Waals surface area contributed by atoms with Crippen molar-refractivity contribution >= 4 is 23.6 Å². The Balaban J connectivity index is 1.43. The molecule has 0 spiro atoms. The predicted octanol–water partition coefficient (Wildman–Crippen LogP) is 2.93. The fourth-order valence-corrected chi connectivity index (χ4v) is 3.81. The summed E-state index contributed by atoms with van der Waals surface area (Å²) in [6, 6.07) is 21.0. The number of nitrogens with one attached hydrogen (secondary N) is 2. The van der Waals surface area contributed by atoms with Crippen LogP contribution in [0.25, 0.3) is 0 Å². The molecule has 0 aromatic heterocycles. The lowest BCUT2D eigenvalue weighted by molar-refractivity contribution is -0.120. The third-order valence-electron chi connectivity index (χ3n) is 5.55. The maximum Gasteiger partial charge on any atom is 0.261 e. The molecule has 178 valence electrons. The highest BCUT2D eigenvalue weighted by molar-refractivity contribution is 6.21.